The van der Waals surface area contributed by atoms with Crippen molar-refractivity contribution in [1.82, 2.24) is 20.3 Å². The third-order valence-electron chi connectivity index (χ3n) is 4.44. The van der Waals surface area contributed by atoms with Gasteiger partial charge in [-0.15, -0.1) is 11.8 Å². The van der Waals surface area contributed by atoms with Crippen LogP contribution < -0.4 is 10.1 Å². The zero-order valence-corrected chi connectivity index (χ0v) is 17.4. The monoisotopic (exact) mass is 400 g/mol. The number of aromatic amines is 1. The van der Waals surface area contributed by atoms with Gasteiger partial charge in [-0.05, 0) is 30.4 Å². The second-order valence-corrected chi connectivity index (χ2v) is 8.14. The summed E-state index contributed by atoms with van der Waals surface area (Å²) in [7, 11) is 0. The highest BCUT2D eigenvalue weighted by atomic mass is 32.2. The van der Waals surface area contributed by atoms with Gasteiger partial charge in [0.25, 0.3) is 0 Å². The fourth-order valence-electron chi connectivity index (χ4n) is 2.91. The van der Waals surface area contributed by atoms with Crippen molar-refractivity contribution < 1.29 is 9.84 Å². The highest BCUT2D eigenvalue weighted by Crippen LogP contribution is 2.26. The molecule has 0 aliphatic carbocycles. The van der Waals surface area contributed by atoms with Gasteiger partial charge in [-0.3, -0.25) is 0 Å². The number of aliphatic hydroxyl groups is 1. The van der Waals surface area contributed by atoms with E-state index in [1.165, 1.54) is 4.90 Å². The van der Waals surface area contributed by atoms with Gasteiger partial charge < -0.3 is 20.1 Å². The van der Waals surface area contributed by atoms with Gasteiger partial charge in [0.2, 0.25) is 5.88 Å². The second kappa shape index (κ2) is 9.91. The predicted molar refractivity (Wildman–Crippen MR) is 114 cm³/mol. The number of imidazole rings is 1. The Kier molecular flexibility index (Phi) is 7.30. The summed E-state index contributed by atoms with van der Waals surface area (Å²) in [6.45, 7) is 5.47. The maximum absolute atomic E-state index is 9.73. The number of nitrogens with one attached hydrogen (secondary N) is 2. The summed E-state index contributed by atoms with van der Waals surface area (Å²) in [6, 6.07) is 8.34. The Morgan fingerprint density at radius 1 is 1.29 bits per heavy atom. The molecule has 1 aromatic carbocycles. The number of thioether (sulfide) groups is 1. The lowest BCUT2D eigenvalue weighted by Crippen LogP contribution is -2.34. The number of fused-ring (bicyclic) bond motifs is 1. The molecule has 3 aromatic rings. The van der Waals surface area contributed by atoms with Gasteiger partial charge in [0.1, 0.15) is 0 Å². The molecule has 150 valence electrons. The van der Waals surface area contributed by atoms with Crippen LogP contribution >= 0.6 is 11.8 Å². The van der Waals surface area contributed by atoms with Crippen LogP contribution in [0.4, 0.5) is 0 Å². The third kappa shape index (κ3) is 5.47. The number of rotatable bonds is 10. The fraction of sp³-hybridized carbons (Fsp3) is 0.429. The van der Waals surface area contributed by atoms with Crippen molar-refractivity contribution in [2.45, 2.75) is 37.8 Å². The quantitative estimate of drug-likeness (QED) is 0.453. The molecule has 1 atom stereocenters. The van der Waals surface area contributed by atoms with E-state index in [1.807, 2.05) is 0 Å². The molecule has 0 fully saturated rings. The summed E-state index contributed by atoms with van der Waals surface area (Å²) in [5, 5.41) is 14.2. The van der Waals surface area contributed by atoms with Gasteiger partial charge in [-0.1, -0.05) is 19.9 Å². The van der Waals surface area contributed by atoms with Crippen molar-refractivity contribution in [3.05, 3.63) is 48.0 Å². The molecule has 0 amide bonds. The van der Waals surface area contributed by atoms with E-state index in [-0.39, 0.29) is 12.6 Å². The van der Waals surface area contributed by atoms with Crippen LogP contribution in [0.15, 0.2) is 41.7 Å². The Hall–Kier alpha value is -2.09. The Morgan fingerprint density at radius 2 is 2.14 bits per heavy atom. The first-order valence-corrected chi connectivity index (χ1v) is 10.7. The van der Waals surface area contributed by atoms with E-state index in [4.69, 9.17) is 9.72 Å². The highest BCUT2D eigenvalue weighted by Gasteiger charge is 2.14. The van der Waals surface area contributed by atoms with E-state index >= 15 is 0 Å². The number of aliphatic hydroxyl groups excluding tert-OH is 1. The summed E-state index contributed by atoms with van der Waals surface area (Å²) < 4.78 is 6.02. The lowest BCUT2D eigenvalue weighted by Gasteiger charge is -2.18. The molecule has 6 nitrogen and oxygen atoms in total. The number of hydrogen-bond donors (Lipinski definition) is 3. The van der Waals surface area contributed by atoms with Crippen LogP contribution in [0.5, 0.6) is 5.88 Å². The largest absolute Gasteiger partial charge is 0.477 e. The SMILES string of the molecule is CSc1ccc2cc(CN[C@H](CO)Cc3cnc[nH]3)c(OCC(C)C)nc2c1. The Balaban J connectivity index is 1.81. The van der Waals surface area contributed by atoms with Crippen LogP contribution in [0.1, 0.15) is 25.1 Å². The first-order valence-electron chi connectivity index (χ1n) is 9.51. The predicted octanol–water partition coefficient (Wildman–Crippen LogP) is 3.41. The van der Waals surface area contributed by atoms with Crippen molar-refractivity contribution in [2.75, 3.05) is 19.5 Å². The molecule has 2 heterocycles. The molecule has 3 rings (SSSR count). The zero-order chi connectivity index (χ0) is 19.9. The maximum Gasteiger partial charge on any atom is 0.218 e. The number of ether oxygens (including phenoxy) is 1. The number of pyridine rings is 1. The first kappa shape index (κ1) is 20.6. The molecule has 0 aliphatic rings. The normalized spacial score (nSPS) is 12.6. The number of H-pyrrole nitrogens is 1. The van der Waals surface area contributed by atoms with E-state index in [0.29, 0.717) is 31.4 Å². The molecule has 2 aromatic heterocycles. The van der Waals surface area contributed by atoms with Crippen LogP contribution in [0.3, 0.4) is 0 Å². The Labute approximate surface area is 170 Å². The lowest BCUT2D eigenvalue weighted by atomic mass is 10.1. The summed E-state index contributed by atoms with van der Waals surface area (Å²) in [5.41, 5.74) is 2.92. The van der Waals surface area contributed by atoms with Crippen molar-refractivity contribution in [3.8, 4) is 5.88 Å². The molecule has 3 N–H and O–H groups in total. The minimum atomic E-state index is -0.0760. The van der Waals surface area contributed by atoms with Gasteiger partial charge in [0.05, 0.1) is 25.1 Å². The van der Waals surface area contributed by atoms with Gasteiger partial charge in [0.15, 0.2) is 0 Å². The number of aromatic nitrogens is 3. The molecule has 0 spiro atoms. The van der Waals surface area contributed by atoms with E-state index in [1.54, 1.807) is 24.3 Å². The third-order valence-corrected chi connectivity index (χ3v) is 5.17. The highest BCUT2D eigenvalue weighted by molar-refractivity contribution is 7.98. The standard InChI is InChI=1S/C21H28N4O2S/c1-14(2)12-27-21-16(6-15-4-5-19(28-3)8-20(15)25-21)9-23-18(11-26)7-17-10-22-13-24-17/h4-6,8,10,13-14,18,23,26H,7,9,11-12H2,1-3H3,(H,22,24)/t18-/m0/s1. The first-order chi connectivity index (χ1) is 13.6. The Morgan fingerprint density at radius 3 is 2.82 bits per heavy atom. The van der Waals surface area contributed by atoms with Crippen LogP contribution in [-0.4, -0.2) is 45.6 Å². The van der Waals surface area contributed by atoms with Crippen molar-refractivity contribution in [2.24, 2.45) is 5.92 Å². The average molecular weight is 401 g/mol. The minimum absolute atomic E-state index is 0.0410. The second-order valence-electron chi connectivity index (χ2n) is 7.26. The molecular weight excluding hydrogens is 372 g/mol. The smallest absolute Gasteiger partial charge is 0.218 e. The molecule has 7 heteroatoms. The zero-order valence-electron chi connectivity index (χ0n) is 16.6. The number of hydrogen-bond acceptors (Lipinski definition) is 6. The summed E-state index contributed by atoms with van der Waals surface area (Å²) in [4.78, 5) is 13.1. The van der Waals surface area contributed by atoms with E-state index in [2.05, 4.69) is 59.7 Å². The Bertz CT molecular complexity index is 883. The van der Waals surface area contributed by atoms with Crippen LogP contribution in [0.25, 0.3) is 10.9 Å². The van der Waals surface area contributed by atoms with Crippen molar-refractivity contribution in [3.63, 3.8) is 0 Å². The fourth-order valence-corrected chi connectivity index (χ4v) is 3.35. The van der Waals surface area contributed by atoms with Crippen LogP contribution in [0, 0.1) is 5.92 Å². The minimum Gasteiger partial charge on any atom is -0.477 e. The van der Waals surface area contributed by atoms with Gasteiger partial charge in [-0.25, -0.2) is 9.97 Å². The average Bonchev–Trinajstić information content (AvgIpc) is 3.21. The van der Waals surface area contributed by atoms with Crippen molar-refractivity contribution >= 4 is 22.7 Å². The number of benzene rings is 1. The lowest BCUT2D eigenvalue weighted by molar-refractivity contribution is 0.236. The molecule has 0 saturated carbocycles. The van der Waals surface area contributed by atoms with Gasteiger partial charge in [0, 0.05) is 46.7 Å². The molecule has 0 bridgehead atoms. The molecule has 0 aliphatic heterocycles. The van der Waals surface area contributed by atoms with Gasteiger partial charge >= 0.3 is 0 Å². The summed E-state index contributed by atoms with van der Waals surface area (Å²) in [6.07, 6.45) is 6.17. The molecule has 28 heavy (non-hydrogen) atoms. The summed E-state index contributed by atoms with van der Waals surface area (Å²) >= 11 is 1.70. The van der Waals surface area contributed by atoms with E-state index in [9.17, 15) is 5.11 Å². The molecular formula is C21H28N4O2S. The number of nitrogens with zero attached hydrogens (tertiary/aromatic N) is 2. The van der Waals surface area contributed by atoms with E-state index < -0.39 is 0 Å². The van der Waals surface area contributed by atoms with Gasteiger partial charge in [-0.2, -0.15) is 0 Å². The molecule has 0 unspecified atom stereocenters. The molecule has 0 saturated heterocycles. The van der Waals surface area contributed by atoms with Crippen LogP contribution in [-0.2, 0) is 13.0 Å². The van der Waals surface area contributed by atoms with E-state index in [0.717, 1.165) is 22.2 Å². The van der Waals surface area contributed by atoms with Crippen molar-refractivity contribution in [1.29, 1.82) is 0 Å². The maximum atomic E-state index is 9.73. The summed E-state index contributed by atoms with van der Waals surface area (Å²) in [5.74, 6) is 1.08. The topological polar surface area (TPSA) is 83.1 Å². The molecule has 0 radical (unpaired) electrons. The van der Waals surface area contributed by atoms with Crippen LogP contribution in [0.2, 0.25) is 0 Å².